The van der Waals surface area contributed by atoms with Gasteiger partial charge in [0.15, 0.2) is 0 Å². The minimum Gasteiger partial charge on any atom is -0.490 e. The number of ether oxygens (including phenoxy) is 1. The number of nitrogens with two attached hydrogens (primary N) is 1. The van der Waals surface area contributed by atoms with Crippen molar-refractivity contribution < 1.29 is 4.74 Å². The van der Waals surface area contributed by atoms with Gasteiger partial charge in [0, 0.05) is 24.8 Å². The number of rotatable bonds is 5. The Bertz CT molecular complexity index is 355. The van der Waals surface area contributed by atoms with E-state index in [0.29, 0.717) is 18.6 Å². The van der Waals surface area contributed by atoms with Crippen LogP contribution in [0.1, 0.15) is 20.3 Å². The quantitative estimate of drug-likeness (QED) is 0.859. The molecule has 1 aliphatic rings. The van der Waals surface area contributed by atoms with Crippen LogP contribution in [0, 0.1) is 5.92 Å². The van der Waals surface area contributed by atoms with Gasteiger partial charge in [-0.1, -0.05) is 0 Å². The lowest BCUT2D eigenvalue weighted by Gasteiger charge is -2.23. The molecule has 2 atom stereocenters. The second-order valence-corrected chi connectivity index (χ2v) is 5.30. The Balaban J connectivity index is 1.77. The Labute approximate surface area is 109 Å². The van der Waals surface area contributed by atoms with Crippen LogP contribution in [0.2, 0.25) is 0 Å². The zero-order valence-corrected chi connectivity index (χ0v) is 11.2. The normalized spacial score (nSPS) is 22.3. The molecule has 1 saturated heterocycles. The number of likely N-dealkylation sites (tertiary alicyclic amines) is 1. The maximum absolute atomic E-state index is 6.22. The van der Waals surface area contributed by atoms with Crippen LogP contribution in [0.4, 0.5) is 0 Å². The molecule has 0 radical (unpaired) electrons. The molecule has 4 nitrogen and oxygen atoms in total. The number of nitrogens with zero attached hydrogens (tertiary/aromatic N) is 2. The molecular weight excluding hydrogens is 226 g/mol. The molecule has 0 aromatic carbocycles. The summed E-state index contributed by atoms with van der Waals surface area (Å²) in [6, 6.07) is 4.50. The molecule has 100 valence electrons. The van der Waals surface area contributed by atoms with Gasteiger partial charge in [-0.15, -0.1) is 0 Å². The van der Waals surface area contributed by atoms with Crippen molar-refractivity contribution in [3.63, 3.8) is 0 Å². The summed E-state index contributed by atoms with van der Waals surface area (Å²) in [7, 11) is 0. The van der Waals surface area contributed by atoms with Gasteiger partial charge in [-0.3, -0.25) is 4.98 Å². The van der Waals surface area contributed by atoms with Gasteiger partial charge in [-0.05, 0) is 44.9 Å². The van der Waals surface area contributed by atoms with Crippen molar-refractivity contribution in [2.24, 2.45) is 11.7 Å². The first kappa shape index (κ1) is 13.3. The molecule has 18 heavy (non-hydrogen) atoms. The van der Waals surface area contributed by atoms with Crippen molar-refractivity contribution >= 4 is 0 Å². The van der Waals surface area contributed by atoms with Gasteiger partial charge in [0.05, 0.1) is 6.20 Å². The van der Waals surface area contributed by atoms with Crippen LogP contribution in [0.25, 0.3) is 0 Å². The average molecular weight is 249 g/mol. The van der Waals surface area contributed by atoms with Gasteiger partial charge in [0.25, 0.3) is 0 Å². The fourth-order valence-corrected chi connectivity index (χ4v) is 2.39. The van der Waals surface area contributed by atoms with Crippen molar-refractivity contribution in [2.45, 2.75) is 32.4 Å². The second kappa shape index (κ2) is 6.16. The zero-order valence-electron chi connectivity index (χ0n) is 11.2. The van der Waals surface area contributed by atoms with Crippen molar-refractivity contribution in [3.8, 4) is 5.75 Å². The summed E-state index contributed by atoms with van der Waals surface area (Å²) in [5.74, 6) is 1.34. The highest BCUT2D eigenvalue weighted by molar-refractivity contribution is 5.15. The Morgan fingerprint density at radius 2 is 2.39 bits per heavy atom. The Morgan fingerprint density at radius 1 is 1.56 bits per heavy atom. The zero-order chi connectivity index (χ0) is 13.0. The summed E-state index contributed by atoms with van der Waals surface area (Å²) < 4.78 is 5.67. The van der Waals surface area contributed by atoms with Crippen LogP contribution in [-0.4, -0.2) is 41.7 Å². The summed E-state index contributed by atoms with van der Waals surface area (Å²) in [5, 5.41) is 0. The lowest BCUT2D eigenvalue weighted by Crippen LogP contribution is -2.38. The minimum atomic E-state index is 0.106. The van der Waals surface area contributed by atoms with Crippen molar-refractivity contribution in [1.29, 1.82) is 0 Å². The van der Waals surface area contributed by atoms with Crippen LogP contribution >= 0.6 is 0 Å². The van der Waals surface area contributed by atoms with E-state index in [1.165, 1.54) is 6.42 Å². The minimum absolute atomic E-state index is 0.106. The van der Waals surface area contributed by atoms with Gasteiger partial charge in [0.2, 0.25) is 0 Å². The van der Waals surface area contributed by atoms with E-state index in [9.17, 15) is 0 Å². The molecule has 1 aliphatic heterocycles. The van der Waals surface area contributed by atoms with Gasteiger partial charge < -0.3 is 15.4 Å². The molecule has 4 heteroatoms. The van der Waals surface area contributed by atoms with E-state index >= 15 is 0 Å². The second-order valence-electron chi connectivity index (χ2n) is 5.30. The van der Waals surface area contributed by atoms with Crippen LogP contribution < -0.4 is 10.5 Å². The van der Waals surface area contributed by atoms with E-state index in [1.54, 1.807) is 12.4 Å². The monoisotopic (exact) mass is 249 g/mol. The third-order valence-electron chi connectivity index (χ3n) is 3.67. The average Bonchev–Trinajstić information content (AvgIpc) is 2.87. The molecule has 2 rings (SSSR count). The SMILES string of the molecule is CC(C)N1CCC(C(N)COc2cccnc2)C1. The predicted octanol–water partition coefficient (Wildman–Crippen LogP) is 1.52. The van der Waals surface area contributed by atoms with Gasteiger partial charge >= 0.3 is 0 Å². The predicted molar refractivity (Wildman–Crippen MR) is 72.5 cm³/mol. The molecule has 0 spiro atoms. The Morgan fingerprint density at radius 3 is 3.00 bits per heavy atom. The molecule has 2 N–H and O–H groups in total. The van der Waals surface area contributed by atoms with Crippen molar-refractivity contribution in [3.05, 3.63) is 24.5 Å². The van der Waals surface area contributed by atoms with Crippen molar-refractivity contribution in [2.75, 3.05) is 19.7 Å². The smallest absolute Gasteiger partial charge is 0.137 e. The van der Waals surface area contributed by atoms with E-state index < -0.39 is 0 Å². The summed E-state index contributed by atoms with van der Waals surface area (Å²) >= 11 is 0. The largest absolute Gasteiger partial charge is 0.490 e. The lowest BCUT2D eigenvalue weighted by molar-refractivity contribution is 0.225. The first-order chi connectivity index (χ1) is 8.66. The molecular formula is C14H23N3O. The number of hydrogen-bond acceptors (Lipinski definition) is 4. The molecule has 0 bridgehead atoms. The Kier molecular flexibility index (Phi) is 4.55. The maximum Gasteiger partial charge on any atom is 0.137 e. The topological polar surface area (TPSA) is 51.4 Å². The third kappa shape index (κ3) is 3.43. The molecule has 0 aliphatic carbocycles. The fraction of sp³-hybridized carbons (Fsp3) is 0.643. The van der Waals surface area contributed by atoms with E-state index in [1.807, 2.05) is 12.1 Å². The van der Waals surface area contributed by atoms with Gasteiger partial charge in [-0.25, -0.2) is 0 Å². The third-order valence-corrected chi connectivity index (χ3v) is 3.67. The molecule has 0 amide bonds. The highest BCUT2D eigenvalue weighted by Gasteiger charge is 2.28. The van der Waals surface area contributed by atoms with Crippen LogP contribution in [0.15, 0.2) is 24.5 Å². The Hall–Kier alpha value is -1.13. The molecule has 1 fully saturated rings. The van der Waals surface area contributed by atoms with Gasteiger partial charge in [0.1, 0.15) is 12.4 Å². The summed E-state index contributed by atoms with van der Waals surface area (Å²) in [4.78, 5) is 6.50. The maximum atomic E-state index is 6.22. The highest BCUT2D eigenvalue weighted by Crippen LogP contribution is 2.21. The fourth-order valence-electron chi connectivity index (χ4n) is 2.39. The lowest BCUT2D eigenvalue weighted by atomic mass is 10.0. The summed E-state index contributed by atoms with van der Waals surface area (Å²) in [6.45, 7) is 7.29. The van der Waals surface area contributed by atoms with Gasteiger partial charge in [-0.2, -0.15) is 0 Å². The van der Waals surface area contributed by atoms with E-state index in [0.717, 1.165) is 18.8 Å². The first-order valence-electron chi connectivity index (χ1n) is 6.69. The molecule has 2 unspecified atom stereocenters. The molecule has 2 heterocycles. The van der Waals surface area contributed by atoms with E-state index in [4.69, 9.17) is 10.5 Å². The first-order valence-corrected chi connectivity index (χ1v) is 6.69. The van der Waals surface area contributed by atoms with E-state index in [-0.39, 0.29) is 6.04 Å². The highest BCUT2D eigenvalue weighted by atomic mass is 16.5. The number of hydrogen-bond donors (Lipinski definition) is 1. The van der Waals surface area contributed by atoms with Crippen LogP contribution in [0.3, 0.4) is 0 Å². The van der Waals surface area contributed by atoms with Crippen LogP contribution in [-0.2, 0) is 0 Å². The molecule has 0 saturated carbocycles. The number of pyridine rings is 1. The molecule has 1 aromatic rings. The van der Waals surface area contributed by atoms with Crippen LogP contribution in [0.5, 0.6) is 5.75 Å². The summed E-state index contributed by atoms with van der Waals surface area (Å²) in [5.41, 5.74) is 6.22. The number of aromatic nitrogens is 1. The van der Waals surface area contributed by atoms with E-state index in [2.05, 4.69) is 23.7 Å². The molecule has 1 aromatic heterocycles. The van der Waals surface area contributed by atoms with Crippen molar-refractivity contribution in [1.82, 2.24) is 9.88 Å². The standard InChI is InChI=1S/C14H23N3O/c1-11(2)17-7-5-12(9-17)14(15)10-18-13-4-3-6-16-8-13/h3-4,6,8,11-12,14H,5,7,9-10,15H2,1-2H3. The summed E-state index contributed by atoms with van der Waals surface area (Å²) in [6.07, 6.45) is 4.64.